The molecule has 0 spiro atoms. The molecule has 2 heterocycles. The molecule has 28 heavy (non-hydrogen) atoms. The minimum Gasteiger partial charge on any atom is -0.458 e. The zero-order valence-electron chi connectivity index (χ0n) is 15.7. The minimum absolute atomic E-state index is 0.0290. The third-order valence-electron chi connectivity index (χ3n) is 5.11. The molecule has 0 aliphatic carbocycles. The van der Waals surface area contributed by atoms with Gasteiger partial charge in [-0.25, -0.2) is 0 Å². The molecular weight excluding hydrogens is 352 g/mol. The molecular formula is C23H24N2O3. The SMILES string of the molecule is O=C(/C=C/c1ccccc1)N1CCN(CC(O)c2cc3ccccc3o2)CC1. The largest absolute Gasteiger partial charge is 0.458 e. The smallest absolute Gasteiger partial charge is 0.246 e. The molecule has 5 nitrogen and oxygen atoms in total. The van der Waals surface area contributed by atoms with Gasteiger partial charge in [0.2, 0.25) is 5.91 Å². The van der Waals surface area contributed by atoms with Gasteiger partial charge in [-0.1, -0.05) is 48.5 Å². The number of hydrogen-bond acceptors (Lipinski definition) is 4. The highest BCUT2D eigenvalue weighted by atomic mass is 16.4. The minimum atomic E-state index is -0.673. The molecule has 1 atom stereocenters. The number of rotatable bonds is 5. The number of fused-ring (bicyclic) bond motifs is 1. The lowest BCUT2D eigenvalue weighted by atomic mass is 10.2. The van der Waals surface area contributed by atoms with Crippen molar-refractivity contribution < 1.29 is 14.3 Å². The molecule has 0 saturated carbocycles. The van der Waals surface area contributed by atoms with E-state index in [2.05, 4.69) is 4.90 Å². The summed E-state index contributed by atoms with van der Waals surface area (Å²) < 4.78 is 5.75. The first-order valence-electron chi connectivity index (χ1n) is 9.60. The second kappa shape index (κ2) is 8.42. The van der Waals surface area contributed by atoms with Crippen LogP contribution in [-0.2, 0) is 4.79 Å². The van der Waals surface area contributed by atoms with E-state index in [9.17, 15) is 9.90 Å². The van der Waals surface area contributed by atoms with Crippen molar-refractivity contribution in [2.24, 2.45) is 0 Å². The van der Waals surface area contributed by atoms with Crippen LogP contribution in [0.1, 0.15) is 17.4 Å². The van der Waals surface area contributed by atoms with E-state index in [1.165, 1.54) is 0 Å². The standard InChI is InChI=1S/C23H24N2O3/c26-20(22-16-19-8-4-5-9-21(19)28-22)17-24-12-14-25(15-13-24)23(27)11-10-18-6-2-1-3-7-18/h1-11,16,20,26H,12-15,17H2/b11-10+. The second-order valence-corrected chi connectivity index (χ2v) is 7.07. The van der Waals surface area contributed by atoms with Crippen molar-refractivity contribution in [3.05, 3.63) is 78.1 Å². The summed E-state index contributed by atoms with van der Waals surface area (Å²) in [5.74, 6) is 0.617. The highest BCUT2D eigenvalue weighted by Crippen LogP contribution is 2.24. The highest BCUT2D eigenvalue weighted by molar-refractivity contribution is 5.91. The maximum atomic E-state index is 12.4. The van der Waals surface area contributed by atoms with E-state index in [-0.39, 0.29) is 5.91 Å². The molecule has 4 rings (SSSR count). The van der Waals surface area contributed by atoms with E-state index >= 15 is 0 Å². The molecule has 1 N–H and O–H groups in total. The third-order valence-corrected chi connectivity index (χ3v) is 5.11. The Hall–Kier alpha value is -2.89. The number of nitrogens with zero attached hydrogens (tertiary/aromatic N) is 2. The molecule has 0 bridgehead atoms. The zero-order chi connectivity index (χ0) is 19.3. The van der Waals surface area contributed by atoms with Crippen molar-refractivity contribution in [2.45, 2.75) is 6.10 Å². The topological polar surface area (TPSA) is 56.9 Å². The molecule has 1 aliphatic heterocycles. The zero-order valence-corrected chi connectivity index (χ0v) is 15.7. The molecule has 5 heteroatoms. The van der Waals surface area contributed by atoms with Crippen LogP contribution < -0.4 is 0 Å². The Kier molecular flexibility index (Phi) is 5.55. The number of aliphatic hydroxyl groups is 1. The quantitative estimate of drug-likeness (QED) is 0.694. The molecule has 0 radical (unpaired) electrons. The van der Waals surface area contributed by atoms with Crippen molar-refractivity contribution in [3.63, 3.8) is 0 Å². The molecule has 1 amide bonds. The lowest BCUT2D eigenvalue weighted by molar-refractivity contribution is -0.127. The van der Waals surface area contributed by atoms with Crippen LogP contribution in [0.2, 0.25) is 0 Å². The van der Waals surface area contributed by atoms with Gasteiger partial charge in [-0.05, 0) is 23.8 Å². The van der Waals surface area contributed by atoms with Gasteiger partial charge < -0.3 is 14.4 Å². The van der Waals surface area contributed by atoms with E-state index < -0.39 is 6.10 Å². The molecule has 1 saturated heterocycles. The lowest BCUT2D eigenvalue weighted by Gasteiger charge is -2.34. The number of hydrogen-bond donors (Lipinski definition) is 1. The van der Waals surface area contributed by atoms with Crippen LogP contribution >= 0.6 is 0 Å². The van der Waals surface area contributed by atoms with Crippen LogP contribution in [0.25, 0.3) is 17.0 Å². The van der Waals surface area contributed by atoms with Gasteiger partial charge in [0.15, 0.2) is 0 Å². The number of amides is 1. The number of piperazine rings is 1. The second-order valence-electron chi connectivity index (χ2n) is 7.07. The van der Waals surface area contributed by atoms with E-state index in [4.69, 9.17) is 4.42 Å². The summed E-state index contributed by atoms with van der Waals surface area (Å²) in [6, 6.07) is 19.5. The summed E-state index contributed by atoms with van der Waals surface area (Å²) >= 11 is 0. The molecule has 144 valence electrons. The van der Waals surface area contributed by atoms with Crippen LogP contribution in [0.4, 0.5) is 0 Å². The van der Waals surface area contributed by atoms with Crippen molar-refractivity contribution >= 4 is 23.0 Å². The Bertz CT molecular complexity index is 923. The Balaban J connectivity index is 1.29. The van der Waals surface area contributed by atoms with Gasteiger partial charge in [0.1, 0.15) is 17.4 Å². The van der Waals surface area contributed by atoms with Crippen molar-refractivity contribution in [1.29, 1.82) is 0 Å². The average Bonchev–Trinajstić information content (AvgIpc) is 3.18. The first kappa shape index (κ1) is 18.5. The summed E-state index contributed by atoms with van der Waals surface area (Å²) in [6.45, 7) is 3.29. The molecule has 1 unspecified atom stereocenters. The number of carbonyl (C=O) groups excluding carboxylic acids is 1. The first-order valence-corrected chi connectivity index (χ1v) is 9.60. The van der Waals surface area contributed by atoms with E-state index in [1.807, 2.05) is 71.6 Å². The van der Waals surface area contributed by atoms with Gasteiger partial charge >= 0.3 is 0 Å². The van der Waals surface area contributed by atoms with Gasteiger partial charge in [0, 0.05) is 44.2 Å². The number of benzene rings is 2. The van der Waals surface area contributed by atoms with Crippen molar-refractivity contribution in [1.82, 2.24) is 9.80 Å². The van der Waals surface area contributed by atoms with Crippen molar-refractivity contribution in [3.8, 4) is 0 Å². The van der Waals surface area contributed by atoms with Gasteiger partial charge in [-0.2, -0.15) is 0 Å². The average molecular weight is 376 g/mol. The third kappa shape index (κ3) is 4.32. The van der Waals surface area contributed by atoms with Gasteiger partial charge in [0.25, 0.3) is 0 Å². The Morgan fingerprint density at radius 3 is 2.50 bits per heavy atom. The molecule has 1 fully saturated rings. The maximum absolute atomic E-state index is 12.4. The summed E-state index contributed by atoms with van der Waals surface area (Å²) in [5, 5.41) is 11.5. The van der Waals surface area contributed by atoms with Crippen LogP contribution in [-0.4, -0.2) is 53.5 Å². The maximum Gasteiger partial charge on any atom is 0.246 e. The number of β-amino-alcohol motifs (C(OH)–C–C–N with tert-alkyl or cyclic N) is 1. The highest BCUT2D eigenvalue weighted by Gasteiger charge is 2.23. The number of para-hydroxylation sites is 1. The molecule has 3 aromatic rings. The van der Waals surface area contributed by atoms with Crippen LogP contribution in [0.5, 0.6) is 0 Å². The molecule has 2 aromatic carbocycles. The predicted octanol–water partition coefficient (Wildman–Crippen LogP) is 3.32. The molecule has 1 aliphatic rings. The summed E-state index contributed by atoms with van der Waals surface area (Å²) in [4.78, 5) is 16.4. The lowest BCUT2D eigenvalue weighted by Crippen LogP contribution is -2.49. The van der Waals surface area contributed by atoms with E-state index in [0.29, 0.717) is 25.4 Å². The summed E-state index contributed by atoms with van der Waals surface area (Å²) in [7, 11) is 0. The van der Waals surface area contributed by atoms with Crippen molar-refractivity contribution in [2.75, 3.05) is 32.7 Å². The Labute approximate surface area is 164 Å². The molecule has 1 aromatic heterocycles. The van der Waals surface area contributed by atoms with Gasteiger partial charge in [0.05, 0.1) is 0 Å². The van der Waals surface area contributed by atoms with Crippen LogP contribution in [0.15, 0.2) is 71.2 Å². The fourth-order valence-electron chi connectivity index (χ4n) is 3.49. The summed E-state index contributed by atoms with van der Waals surface area (Å²) in [6.07, 6.45) is 2.81. The Morgan fingerprint density at radius 1 is 1.04 bits per heavy atom. The summed E-state index contributed by atoms with van der Waals surface area (Å²) in [5.41, 5.74) is 1.81. The number of furan rings is 1. The number of carbonyl (C=O) groups is 1. The van der Waals surface area contributed by atoms with E-state index in [1.54, 1.807) is 6.08 Å². The van der Waals surface area contributed by atoms with Gasteiger partial charge in [-0.3, -0.25) is 9.69 Å². The number of aliphatic hydroxyl groups excluding tert-OH is 1. The Morgan fingerprint density at radius 2 is 1.75 bits per heavy atom. The van der Waals surface area contributed by atoms with E-state index in [0.717, 1.165) is 29.6 Å². The normalized spacial score (nSPS) is 16.7. The van der Waals surface area contributed by atoms with Crippen LogP contribution in [0, 0.1) is 0 Å². The van der Waals surface area contributed by atoms with Crippen LogP contribution in [0.3, 0.4) is 0 Å². The van der Waals surface area contributed by atoms with Gasteiger partial charge in [-0.15, -0.1) is 0 Å². The fourth-order valence-corrected chi connectivity index (χ4v) is 3.49. The first-order chi connectivity index (χ1) is 13.7. The monoisotopic (exact) mass is 376 g/mol. The predicted molar refractivity (Wildman–Crippen MR) is 110 cm³/mol. The fraction of sp³-hybridized carbons (Fsp3) is 0.261.